The number of esters is 1. The molecule has 58 valence electrons. The largest absolute Gasteiger partial charge is 0.438 e. The zero-order valence-electron chi connectivity index (χ0n) is 5.27. The quantitative estimate of drug-likeness (QED) is 0.537. The maximum atomic E-state index is 10.6. The Hall–Kier alpha value is -0.0900. The van der Waals surface area contributed by atoms with E-state index in [1.807, 2.05) is 0 Å². The Labute approximate surface area is 71.8 Å². The lowest BCUT2D eigenvalue weighted by molar-refractivity contribution is -0.147. The summed E-state index contributed by atoms with van der Waals surface area (Å²) in [5, 5.41) is 0.0917. The molecular formula is C5H6BrClO3. The highest BCUT2D eigenvalue weighted by Crippen LogP contribution is 2.02. The van der Waals surface area contributed by atoms with E-state index in [9.17, 15) is 9.59 Å². The van der Waals surface area contributed by atoms with E-state index in [0.29, 0.717) is 0 Å². The van der Waals surface area contributed by atoms with Crippen molar-refractivity contribution >= 4 is 39.3 Å². The molecule has 0 radical (unpaired) electrons. The van der Waals surface area contributed by atoms with Crippen molar-refractivity contribution in [3.8, 4) is 0 Å². The monoisotopic (exact) mass is 228 g/mol. The van der Waals surface area contributed by atoms with Crippen LogP contribution in [0.3, 0.4) is 0 Å². The van der Waals surface area contributed by atoms with E-state index >= 15 is 0 Å². The first-order valence-electron chi connectivity index (χ1n) is 2.48. The van der Waals surface area contributed by atoms with Crippen LogP contribution in [-0.4, -0.2) is 22.6 Å². The molecule has 0 aromatic rings. The van der Waals surface area contributed by atoms with Gasteiger partial charge in [-0.25, -0.2) is 0 Å². The molecule has 0 aliphatic rings. The number of Topliss-reactive ketones (excluding diaryl/α,β-unsaturated/α-hetero) is 1. The minimum atomic E-state index is -1.16. The van der Waals surface area contributed by atoms with Crippen LogP contribution in [-0.2, 0) is 14.3 Å². The van der Waals surface area contributed by atoms with Crippen LogP contribution >= 0.6 is 27.5 Å². The molecule has 0 saturated carbocycles. The van der Waals surface area contributed by atoms with Gasteiger partial charge in [0.05, 0.1) is 5.33 Å². The summed E-state index contributed by atoms with van der Waals surface area (Å²) in [6.07, 6.45) is 0. The fraction of sp³-hybridized carbons (Fsp3) is 0.600. The molecular weight excluding hydrogens is 223 g/mol. The highest BCUT2D eigenvalue weighted by molar-refractivity contribution is 9.09. The van der Waals surface area contributed by atoms with Crippen molar-refractivity contribution in [3.63, 3.8) is 0 Å². The van der Waals surface area contributed by atoms with Gasteiger partial charge in [0, 0.05) is 6.92 Å². The summed E-state index contributed by atoms with van der Waals surface area (Å²) >= 11 is 8.18. The fourth-order valence-electron chi connectivity index (χ4n) is 0.272. The molecule has 0 spiro atoms. The number of halogens is 2. The summed E-state index contributed by atoms with van der Waals surface area (Å²) in [5.41, 5.74) is -1.16. The topological polar surface area (TPSA) is 43.4 Å². The predicted molar refractivity (Wildman–Crippen MR) is 40.2 cm³/mol. The van der Waals surface area contributed by atoms with Gasteiger partial charge in [0.2, 0.25) is 5.56 Å². The average molecular weight is 229 g/mol. The zero-order chi connectivity index (χ0) is 8.15. The molecule has 0 heterocycles. The van der Waals surface area contributed by atoms with Crippen LogP contribution in [0.5, 0.6) is 0 Å². The van der Waals surface area contributed by atoms with Gasteiger partial charge in [-0.2, -0.15) is 0 Å². The first-order chi connectivity index (χ1) is 4.57. The molecule has 0 bridgehead atoms. The van der Waals surface area contributed by atoms with Crippen LogP contribution in [0.15, 0.2) is 0 Å². The summed E-state index contributed by atoms with van der Waals surface area (Å²) in [6, 6.07) is 0. The molecule has 0 aliphatic carbocycles. The van der Waals surface area contributed by atoms with Gasteiger partial charge in [-0.3, -0.25) is 9.59 Å². The SMILES string of the molecule is CC(=O)OC(Cl)C(=O)CBr. The van der Waals surface area contributed by atoms with Gasteiger partial charge >= 0.3 is 5.97 Å². The van der Waals surface area contributed by atoms with E-state index in [0.717, 1.165) is 0 Å². The minimum absolute atomic E-state index is 0.0917. The van der Waals surface area contributed by atoms with E-state index in [1.54, 1.807) is 0 Å². The van der Waals surface area contributed by atoms with Crippen molar-refractivity contribution in [3.05, 3.63) is 0 Å². The van der Waals surface area contributed by atoms with Crippen molar-refractivity contribution in [1.82, 2.24) is 0 Å². The number of ketones is 1. The van der Waals surface area contributed by atoms with Crippen molar-refractivity contribution in [2.45, 2.75) is 12.5 Å². The number of hydrogen-bond acceptors (Lipinski definition) is 3. The average Bonchev–Trinajstić information content (AvgIpc) is 1.85. The molecule has 0 aromatic carbocycles. The first-order valence-corrected chi connectivity index (χ1v) is 4.03. The number of carbonyl (C=O) groups is 2. The third-order valence-electron chi connectivity index (χ3n) is 0.654. The molecule has 0 fully saturated rings. The Morgan fingerprint density at radius 3 is 2.50 bits per heavy atom. The van der Waals surface area contributed by atoms with Crippen LogP contribution in [0.25, 0.3) is 0 Å². The highest BCUT2D eigenvalue weighted by Gasteiger charge is 2.15. The number of rotatable bonds is 3. The summed E-state index contributed by atoms with van der Waals surface area (Å²) < 4.78 is 4.35. The lowest BCUT2D eigenvalue weighted by Crippen LogP contribution is -2.21. The number of carbonyl (C=O) groups excluding carboxylic acids is 2. The third kappa shape index (κ3) is 3.85. The summed E-state index contributed by atoms with van der Waals surface area (Å²) in [7, 11) is 0. The van der Waals surface area contributed by atoms with E-state index in [-0.39, 0.29) is 11.1 Å². The Morgan fingerprint density at radius 1 is 1.70 bits per heavy atom. The maximum Gasteiger partial charge on any atom is 0.304 e. The van der Waals surface area contributed by atoms with Gasteiger partial charge in [0.15, 0.2) is 5.78 Å². The fourth-order valence-corrected chi connectivity index (χ4v) is 0.955. The van der Waals surface area contributed by atoms with Crippen molar-refractivity contribution < 1.29 is 14.3 Å². The van der Waals surface area contributed by atoms with Gasteiger partial charge in [0.25, 0.3) is 0 Å². The molecule has 10 heavy (non-hydrogen) atoms. The van der Waals surface area contributed by atoms with Crippen LogP contribution in [0.2, 0.25) is 0 Å². The zero-order valence-corrected chi connectivity index (χ0v) is 7.61. The number of hydrogen-bond donors (Lipinski definition) is 0. The first kappa shape index (κ1) is 9.91. The molecule has 0 aliphatic heterocycles. The molecule has 1 unspecified atom stereocenters. The molecule has 0 rings (SSSR count). The van der Waals surface area contributed by atoms with E-state index < -0.39 is 11.5 Å². The standard InChI is InChI=1S/C5H6BrClO3/c1-3(8)10-5(7)4(9)2-6/h5H,2H2,1H3. The second kappa shape index (κ2) is 4.68. The molecule has 0 amide bonds. The number of alkyl halides is 2. The van der Waals surface area contributed by atoms with E-state index in [2.05, 4.69) is 20.7 Å². The van der Waals surface area contributed by atoms with Crippen LogP contribution in [0.4, 0.5) is 0 Å². The Balaban J connectivity index is 3.72. The normalized spacial score (nSPS) is 12.3. The van der Waals surface area contributed by atoms with Crippen LogP contribution in [0, 0.1) is 0 Å². The Kier molecular flexibility index (Phi) is 4.64. The maximum absolute atomic E-state index is 10.6. The molecule has 5 heteroatoms. The van der Waals surface area contributed by atoms with Crippen molar-refractivity contribution in [2.24, 2.45) is 0 Å². The lowest BCUT2D eigenvalue weighted by Gasteiger charge is -2.04. The molecule has 3 nitrogen and oxygen atoms in total. The van der Waals surface area contributed by atoms with Gasteiger partial charge in [-0.1, -0.05) is 27.5 Å². The van der Waals surface area contributed by atoms with Crippen molar-refractivity contribution in [1.29, 1.82) is 0 Å². The molecule has 1 atom stereocenters. The summed E-state index contributed by atoms with van der Waals surface area (Å²) in [4.78, 5) is 20.8. The Bertz CT molecular complexity index is 148. The second-order valence-electron chi connectivity index (χ2n) is 1.53. The summed E-state index contributed by atoms with van der Waals surface area (Å²) in [5.74, 6) is -0.925. The van der Waals surface area contributed by atoms with Crippen LogP contribution in [0.1, 0.15) is 6.92 Å². The number of ether oxygens (including phenoxy) is 1. The van der Waals surface area contributed by atoms with Gasteiger partial charge < -0.3 is 4.74 Å². The lowest BCUT2D eigenvalue weighted by atomic mass is 10.5. The predicted octanol–water partition coefficient (Wildman–Crippen LogP) is 1.08. The van der Waals surface area contributed by atoms with Gasteiger partial charge in [0.1, 0.15) is 0 Å². The van der Waals surface area contributed by atoms with Crippen LogP contribution < -0.4 is 0 Å². The third-order valence-corrected chi connectivity index (χ3v) is 1.54. The minimum Gasteiger partial charge on any atom is -0.438 e. The van der Waals surface area contributed by atoms with E-state index in [1.165, 1.54) is 6.92 Å². The van der Waals surface area contributed by atoms with E-state index in [4.69, 9.17) is 11.6 Å². The molecule has 0 saturated heterocycles. The van der Waals surface area contributed by atoms with Gasteiger partial charge in [-0.05, 0) is 0 Å². The van der Waals surface area contributed by atoms with Crippen molar-refractivity contribution in [2.75, 3.05) is 5.33 Å². The Morgan fingerprint density at radius 2 is 2.20 bits per heavy atom. The highest BCUT2D eigenvalue weighted by atomic mass is 79.9. The molecule has 0 N–H and O–H groups in total. The smallest absolute Gasteiger partial charge is 0.304 e. The van der Waals surface area contributed by atoms with Gasteiger partial charge in [-0.15, -0.1) is 0 Å². The molecule has 0 aromatic heterocycles. The summed E-state index contributed by atoms with van der Waals surface area (Å²) in [6.45, 7) is 1.19. The second-order valence-corrected chi connectivity index (χ2v) is 2.48.